The number of anilines is 1. The van der Waals surface area contributed by atoms with E-state index in [0.29, 0.717) is 16.9 Å². The van der Waals surface area contributed by atoms with Crippen LogP contribution in [0.15, 0.2) is 89.8 Å². The van der Waals surface area contributed by atoms with Gasteiger partial charge in [0, 0.05) is 30.7 Å². The SMILES string of the molecule is CN(C)S(=O)(=O)c1ccc(NC(=O)c2cc(-c3ccccc3)nc3ccccc23)cc1. The summed E-state index contributed by atoms with van der Waals surface area (Å²) in [5.74, 6) is -0.293. The van der Waals surface area contributed by atoms with Crippen molar-refractivity contribution in [1.82, 2.24) is 9.29 Å². The van der Waals surface area contributed by atoms with E-state index in [9.17, 15) is 13.2 Å². The lowest BCUT2D eigenvalue weighted by Gasteiger charge is -2.13. The van der Waals surface area contributed by atoms with Gasteiger partial charge < -0.3 is 5.32 Å². The Bertz CT molecular complexity index is 1350. The molecule has 0 aliphatic rings. The number of aromatic nitrogens is 1. The first-order chi connectivity index (χ1) is 14.9. The van der Waals surface area contributed by atoms with Crippen molar-refractivity contribution in [3.05, 3.63) is 90.5 Å². The molecule has 156 valence electrons. The predicted molar refractivity (Wildman–Crippen MR) is 122 cm³/mol. The van der Waals surface area contributed by atoms with Crippen molar-refractivity contribution in [3.63, 3.8) is 0 Å². The maximum Gasteiger partial charge on any atom is 0.256 e. The Morgan fingerprint density at radius 1 is 0.871 bits per heavy atom. The summed E-state index contributed by atoms with van der Waals surface area (Å²) < 4.78 is 25.6. The minimum atomic E-state index is -3.53. The van der Waals surface area contributed by atoms with Crippen molar-refractivity contribution in [3.8, 4) is 11.3 Å². The van der Waals surface area contributed by atoms with Crippen molar-refractivity contribution in [2.24, 2.45) is 0 Å². The van der Waals surface area contributed by atoms with E-state index >= 15 is 0 Å². The molecule has 0 atom stereocenters. The van der Waals surface area contributed by atoms with Crippen molar-refractivity contribution >= 4 is 32.5 Å². The fraction of sp³-hybridized carbons (Fsp3) is 0.0833. The molecule has 0 saturated carbocycles. The van der Waals surface area contributed by atoms with Crippen LogP contribution in [0.1, 0.15) is 10.4 Å². The zero-order valence-corrected chi connectivity index (χ0v) is 17.9. The second kappa shape index (κ2) is 8.29. The van der Waals surface area contributed by atoms with E-state index in [0.717, 1.165) is 20.8 Å². The van der Waals surface area contributed by atoms with Crippen molar-refractivity contribution in [2.45, 2.75) is 4.90 Å². The quantitative estimate of drug-likeness (QED) is 0.508. The van der Waals surface area contributed by atoms with E-state index in [4.69, 9.17) is 4.98 Å². The molecule has 0 aliphatic heterocycles. The van der Waals surface area contributed by atoms with Crippen LogP contribution in [-0.2, 0) is 10.0 Å². The Balaban J connectivity index is 1.69. The van der Waals surface area contributed by atoms with Crippen LogP contribution in [0.2, 0.25) is 0 Å². The van der Waals surface area contributed by atoms with E-state index in [1.54, 1.807) is 18.2 Å². The second-order valence-corrected chi connectivity index (χ2v) is 9.36. The number of sulfonamides is 1. The van der Waals surface area contributed by atoms with Gasteiger partial charge in [-0.1, -0.05) is 48.5 Å². The van der Waals surface area contributed by atoms with Gasteiger partial charge in [0.15, 0.2) is 0 Å². The summed E-state index contributed by atoms with van der Waals surface area (Å²) in [5, 5.41) is 3.60. The number of nitrogens with zero attached hydrogens (tertiary/aromatic N) is 2. The van der Waals surface area contributed by atoms with E-state index < -0.39 is 10.0 Å². The van der Waals surface area contributed by atoms with Crippen LogP contribution in [0.3, 0.4) is 0 Å². The van der Waals surface area contributed by atoms with Gasteiger partial charge in [-0.05, 0) is 36.4 Å². The first-order valence-electron chi connectivity index (χ1n) is 9.65. The van der Waals surface area contributed by atoms with E-state index in [1.807, 2.05) is 54.6 Å². The minimum absolute atomic E-state index is 0.163. The van der Waals surface area contributed by atoms with Gasteiger partial charge in [-0.15, -0.1) is 0 Å². The maximum absolute atomic E-state index is 13.1. The number of carbonyl (C=O) groups is 1. The zero-order valence-electron chi connectivity index (χ0n) is 17.1. The number of hydrogen-bond acceptors (Lipinski definition) is 4. The first-order valence-corrected chi connectivity index (χ1v) is 11.1. The van der Waals surface area contributed by atoms with Gasteiger partial charge in [-0.2, -0.15) is 0 Å². The third-order valence-corrected chi connectivity index (χ3v) is 6.75. The number of pyridine rings is 1. The molecule has 0 bridgehead atoms. The Kier molecular flexibility index (Phi) is 5.54. The molecule has 0 unspecified atom stereocenters. The van der Waals surface area contributed by atoms with Gasteiger partial charge >= 0.3 is 0 Å². The van der Waals surface area contributed by atoms with Crippen molar-refractivity contribution in [2.75, 3.05) is 19.4 Å². The molecule has 7 heteroatoms. The molecule has 0 aliphatic carbocycles. The molecule has 4 rings (SSSR count). The highest BCUT2D eigenvalue weighted by Crippen LogP contribution is 2.26. The average molecular weight is 432 g/mol. The molecule has 1 N–H and O–H groups in total. The molecule has 0 saturated heterocycles. The third kappa shape index (κ3) is 4.19. The van der Waals surface area contributed by atoms with Crippen LogP contribution in [0.4, 0.5) is 5.69 Å². The largest absolute Gasteiger partial charge is 0.322 e. The normalized spacial score (nSPS) is 11.6. The maximum atomic E-state index is 13.1. The number of benzene rings is 3. The summed E-state index contributed by atoms with van der Waals surface area (Å²) in [7, 11) is -0.575. The Labute approximate surface area is 181 Å². The highest BCUT2D eigenvalue weighted by molar-refractivity contribution is 7.89. The number of rotatable bonds is 5. The van der Waals surface area contributed by atoms with Gasteiger partial charge in [0.25, 0.3) is 5.91 Å². The first kappa shape index (κ1) is 20.7. The van der Waals surface area contributed by atoms with Gasteiger partial charge in [0.1, 0.15) is 0 Å². The van der Waals surface area contributed by atoms with Crippen LogP contribution in [0.5, 0.6) is 0 Å². The van der Waals surface area contributed by atoms with Crippen LogP contribution < -0.4 is 5.32 Å². The van der Waals surface area contributed by atoms with Crippen LogP contribution >= 0.6 is 0 Å². The molecule has 4 aromatic rings. The standard InChI is InChI=1S/C24H21N3O3S/c1-27(2)31(29,30)19-14-12-18(13-15-19)25-24(28)21-16-23(17-8-4-3-5-9-17)26-22-11-7-6-10-20(21)22/h3-16H,1-2H3,(H,25,28). The Morgan fingerprint density at radius 2 is 1.52 bits per heavy atom. The predicted octanol–water partition coefficient (Wildman–Crippen LogP) is 4.40. The molecular formula is C24H21N3O3S. The molecule has 1 heterocycles. The highest BCUT2D eigenvalue weighted by Gasteiger charge is 2.18. The molecular weight excluding hydrogens is 410 g/mol. The number of fused-ring (bicyclic) bond motifs is 1. The lowest BCUT2D eigenvalue weighted by Crippen LogP contribution is -2.22. The van der Waals surface area contributed by atoms with Gasteiger partial charge in [-0.3, -0.25) is 4.79 Å². The zero-order chi connectivity index (χ0) is 22.0. The number of amides is 1. The molecule has 0 spiro atoms. The summed E-state index contributed by atoms with van der Waals surface area (Å²) >= 11 is 0. The lowest BCUT2D eigenvalue weighted by atomic mass is 10.0. The smallest absolute Gasteiger partial charge is 0.256 e. The fourth-order valence-corrected chi connectivity index (χ4v) is 4.14. The van der Waals surface area contributed by atoms with E-state index in [-0.39, 0.29) is 10.8 Å². The van der Waals surface area contributed by atoms with Crippen LogP contribution in [0.25, 0.3) is 22.2 Å². The van der Waals surface area contributed by atoms with Crippen LogP contribution in [-0.4, -0.2) is 37.7 Å². The molecule has 31 heavy (non-hydrogen) atoms. The molecule has 1 aromatic heterocycles. The topological polar surface area (TPSA) is 79.4 Å². The summed E-state index contributed by atoms with van der Waals surface area (Å²) in [6.07, 6.45) is 0. The highest BCUT2D eigenvalue weighted by atomic mass is 32.2. The summed E-state index contributed by atoms with van der Waals surface area (Å²) in [4.78, 5) is 18.0. The average Bonchev–Trinajstić information content (AvgIpc) is 2.79. The Hall–Kier alpha value is -3.55. The second-order valence-electron chi connectivity index (χ2n) is 7.20. The monoisotopic (exact) mass is 431 g/mol. The molecule has 0 radical (unpaired) electrons. The van der Waals surface area contributed by atoms with Gasteiger partial charge in [0.05, 0.1) is 21.7 Å². The Morgan fingerprint density at radius 3 is 2.19 bits per heavy atom. The van der Waals surface area contributed by atoms with Gasteiger partial charge in [0.2, 0.25) is 10.0 Å². The third-order valence-electron chi connectivity index (χ3n) is 4.92. The number of para-hydroxylation sites is 1. The van der Waals surface area contributed by atoms with E-state index in [2.05, 4.69) is 5.32 Å². The number of nitrogens with one attached hydrogen (secondary N) is 1. The molecule has 1 amide bonds. The summed E-state index contributed by atoms with van der Waals surface area (Å²) in [5.41, 5.74) is 3.35. The van der Waals surface area contributed by atoms with Crippen molar-refractivity contribution < 1.29 is 13.2 Å². The molecule has 3 aromatic carbocycles. The van der Waals surface area contributed by atoms with Crippen molar-refractivity contribution in [1.29, 1.82) is 0 Å². The molecule has 6 nitrogen and oxygen atoms in total. The fourth-order valence-electron chi connectivity index (χ4n) is 3.24. The van der Waals surface area contributed by atoms with E-state index in [1.165, 1.54) is 26.2 Å². The lowest BCUT2D eigenvalue weighted by molar-refractivity contribution is 0.102. The molecule has 0 fully saturated rings. The number of hydrogen-bond donors (Lipinski definition) is 1. The summed E-state index contributed by atoms with van der Waals surface area (Å²) in [6.45, 7) is 0. The number of carbonyl (C=O) groups excluding carboxylic acids is 1. The van der Waals surface area contributed by atoms with Gasteiger partial charge in [-0.25, -0.2) is 17.7 Å². The summed E-state index contributed by atoms with van der Waals surface area (Å²) in [6, 6.07) is 25.0. The van der Waals surface area contributed by atoms with Crippen LogP contribution in [0, 0.1) is 0 Å². The minimum Gasteiger partial charge on any atom is -0.322 e.